The molecule has 2 bridgehead atoms. The van der Waals surface area contributed by atoms with Gasteiger partial charge in [-0.2, -0.15) is 0 Å². The van der Waals surface area contributed by atoms with Crippen molar-refractivity contribution in [3.8, 4) is 0 Å². The van der Waals surface area contributed by atoms with Gasteiger partial charge in [0.25, 0.3) is 0 Å². The number of anilines is 1. The van der Waals surface area contributed by atoms with Gasteiger partial charge >= 0.3 is 0 Å². The largest absolute Gasteiger partial charge is 0.394 e. The third-order valence-electron chi connectivity index (χ3n) is 9.15. The molecule has 0 aromatic heterocycles. The summed E-state index contributed by atoms with van der Waals surface area (Å²) in [6, 6.07) is 8.29. The Kier molecular flexibility index (Phi) is 9.74. The Morgan fingerprint density at radius 3 is 2.41 bits per heavy atom. The maximum absolute atomic E-state index is 14.7. The minimum Gasteiger partial charge on any atom is -0.394 e. The molecule has 3 aliphatic heterocycles. The second-order valence-corrected chi connectivity index (χ2v) is 14.3. The number of benzene rings is 1. The first-order valence-electron chi connectivity index (χ1n) is 15.1. The van der Waals surface area contributed by atoms with E-state index < -0.39 is 33.4 Å². The minimum absolute atomic E-state index is 0.0905. The van der Waals surface area contributed by atoms with Crippen LogP contribution in [0.15, 0.2) is 55.6 Å². The van der Waals surface area contributed by atoms with E-state index in [4.69, 9.17) is 0 Å². The SMILES string of the molecule is C=CCN(CCCC)C(=O)C1N([C@@H](CO)CC(C)C)C(=O)[C@@H]2[C@@H](C(=O)N(CC=C)c3ccccc3)[C@@]3(C)CCC12S3. The fraction of sp³-hybridized carbons (Fsp3) is 0.606. The van der Waals surface area contributed by atoms with E-state index in [-0.39, 0.29) is 30.2 Å². The highest BCUT2D eigenvalue weighted by Gasteiger charge is 2.78. The van der Waals surface area contributed by atoms with Crippen LogP contribution in [-0.4, -0.2) is 80.4 Å². The molecule has 3 fully saturated rings. The topological polar surface area (TPSA) is 81.2 Å². The van der Waals surface area contributed by atoms with Crippen LogP contribution in [0.4, 0.5) is 5.69 Å². The number of hydrogen-bond donors (Lipinski definition) is 1. The van der Waals surface area contributed by atoms with Crippen LogP contribution in [-0.2, 0) is 14.4 Å². The van der Waals surface area contributed by atoms with Crippen molar-refractivity contribution < 1.29 is 19.5 Å². The molecule has 6 atom stereocenters. The molecule has 0 aliphatic carbocycles. The van der Waals surface area contributed by atoms with Crippen molar-refractivity contribution in [2.75, 3.05) is 31.1 Å². The zero-order valence-corrected chi connectivity index (χ0v) is 25.9. The van der Waals surface area contributed by atoms with Gasteiger partial charge in [0.1, 0.15) is 6.04 Å². The standard InChI is InChI=1S/C33H47N3O4S/c1-7-10-20-34(18-8-2)31(40)28-33-17-16-32(6,41-33)26(27(33)30(39)36(28)25(22-37)21-23(4)5)29(38)35(19-9-3)24-14-12-11-13-15-24/h8-9,11-15,23,25-28,37H,2-3,7,10,16-22H2,1,4-6H3/t25-,26+,27+,28?,32-,33?/m1/s1. The highest BCUT2D eigenvalue weighted by atomic mass is 32.2. The number of amides is 3. The minimum atomic E-state index is -0.734. The summed E-state index contributed by atoms with van der Waals surface area (Å²) >= 11 is 1.68. The number of aliphatic hydroxyl groups excluding tert-OH is 1. The van der Waals surface area contributed by atoms with Crippen LogP contribution in [0.3, 0.4) is 0 Å². The normalized spacial score (nSPS) is 29.0. The van der Waals surface area contributed by atoms with Crippen molar-refractivity contribution in [2.24, 2.45) is 17.8 Å². The molecule has 1 aromatic carbocycles. The molecule has 3 heterocycles. The van der Waals surface area contributed by atoms with Crippen LogP contribution >= 0.6 is 11.8 Å². The molecule has 3 aliphatic rings. The first-order valence-corrected chi connectivity index (χ1v) is 15.9. The van der Waals surface area contributed by atoms with Gasteiger partial charge in [0.15, 0.2) is 0 Å². The molecule has 1 spiro atoms. The lowest BCUT2D eigenvalue weighted by atomic mass is 9.66. The van der Waals surface area contributed by atoms with Gasteiger partial charge < -0.3 is 19.8 Å². The molecule has 7 nitrogen and oxygen atoms in total. The van der Waals surface area contributed by atoms with Crippen LogP contribution in [0.25, 0.3) is 0 Å². The third-order valence-corrected chi connectivity index (χ3v) is 11.1. The molecule has 0 saturated carbocycles. The summed E-state index contributed by atoms with van der Waals surface area (Å²) in [6.07, 6.45) is 7.26. The molecular formula is C33H47N3O4S. The van der Waals surface area contributed by atoms with Crippen LogP contribution in [0.2, 0.25) is 0 Å². The van der Waals surface area contributed by atoms with Gasteiger partial charge in [0, 0.05) is 30.1 Å². The lowest BCUT2D eigenvalue weighted by Gasteiger charge is -2.40. The second kappa shape index (κ2) is 12.7. The number of rotatable bonds is 14. The number of hydrogen-bond acceptors (Lipinski definition) is 5. The zero-order valence-electron chi connectivity index (χ0n) is 25.1. The summed E-state index contributed by atoms with van der Waals surface area (Å²) in [5, 5.41) is 10.6. The Morgan fingerprint density at radius 2 is 1.83 bits per heavy atom. The highest BCUT2D eigenvalue weighted by molar-refractivity contribution is 8.02. The van der Waals surface area contributed by atoms with E-state index in [1.54, 1.807) is 33.7 Å². The molecule has 41 heavy (non-hydrogen) atoms. The molecule has 224 valence electrons. The van der Waals surface area contributed by atoms with E-state index >= 15 is 0 Å². The van der Waals surface area contributed by atoms with Crippen molar-refractivity contribution in [3.63, 3.8) is 0 Å². The summed E-state index contributed by atoms with van der Waals surface area (Å²) in [5.74, 6) is -1.36. The zero-order chi connectivity index (χ0) is 29.9. The van der Waals surface area contributed by atoms with E-state index in [0.29, 0.717) is 32.5 Å². The Bertz CT molecular complexity index is 1140. The second-order valence-electron chi connectivity index (χ2n) is 12.4. The van der Waals surface area contributed by atoms with Crippen molar-refractivity contribution in [1.29, 1.82) is 0 Å². The monoisotopic (exact) mass is 581 g/mol. The molecule has 8 heteroatoms. The maximum Gasteiger partial charge on any atom is 0.247 e. The summed E-state index contributed by atoms with van der Waals surface area (Å²) in [4.78, 5) is 49.0. The number of nitrogens with zero attached hydrogens (tertiary/aromatic N) is 3. The van der Waals surface area contributed by atoms with Gasteiger partial charge in [-0.1, -0.05) is 57.5 Å². The smallest absolute Gasteiger partial charge is 0.247 e. The van der Waals surface area contributed by atoms with Gasteiger partial charge in [0.2, 0.25) is 17.7 Å². The molecule has 1 N–H and O–H groups in total. The van der Waals surface area contributed by atoms with E-state index in [0.717, 1.165) is 24.9 Å². The summed E-state index contributed by atoms with van der Waals surface area (Å²) < 4.78 is -1.20. The number of carbonyl (C=O) groups is 3. The summed E-state index contributed by atoms with van der Waals surface area (Å²) in [5.41, 5.74) is 0.766. The van der Waals surface area contributed by atoms with Crippen molar-refractivity contribution >= 4 is 35.2 Å². The summed E-state index contributed by atoms with van der Waals surface area (Å²) in [6.45, 7) is 17.2. The van der Waals surface area contributed by atoms with E-state index in [2.05, 4.69) is 40.9 Å². The van der Waals surface area contributed by atoms with Crippen LogP contribution in [0.5, 0.6) is 0 Å². The molecule has 4 rings (SSSR count). The number of carbonyl (C=O) groups excluding carboxylic acids is 3. The number of likely N-dealkylation sites (tertiary alicyclic amines) is 1. The Morgan fingerprint density at radius 1 is 1.15 bits per heavy atom. The molecule has 3 saturated heterocycles. The van der Waals surface area contributed by atoms with Gasteiger partial charge in [0.05, 0.1) is 29.2 Å². The fourth-order valence-corrected chi connectivity index (χ4v) is 9.76. The third kappa shape index (κ3) is 5.50. The molecule has 1 aromatic rings. The van der Waals surface area contributed by atoms with E-state index in [9.17, 15) is 19.5 Å². The average molecular weight is 582 g/mol. The van der Waals surface area contributed by atoms with Gasteiger partial charge in [-0.3, -0.25) is 14.4 Å². The fourth-order valence-electron chi connectivity index (χ4n) is 7.43. The molecule has 2 unspecified atom stereocenters. The predicted octanol–water partition coefficient (Wildman–Crippen LogP) is 4.91. The number of unbranched alkanes of at least 4 members (excludes halogenated alkanes) is 1. The van der Waals surface area contributed by atoms with E-state index in [1.807, 2.05) is 35.2 Å². The van der Waals surface area contributed by atoms with Gasteiger partial charge in [-0.15, -0.1) is 24.9 Å². The lowest BCUT2D eigenvalue weighted by molar-refractivity contribution is -0.146. The maximum atomic E-state index is 14.7. The summed E-state index contributed by atoms with van der Waals surface area (Å²) in [7, 11) is 0. The van der Waals surface area contributed by atoms with Crippen molar-refractivity contribution in [2.45, 2.75) is 81.4 Å². The van der Waals surface area contributed by atoms with Crippen LogP contribution in [0.1, 0.15) is 59.8 Å². The number of para-hydroxylation sites is 1. The lowest BCUT2D eigenvalue weighted by Crippen LogP contribution is -2.57. The Balaban J connectivity index is 1.83. The predicted molar refractivity (Wildman–Crippen MR) is 167 cm³/mol. The number of fused-ring (bicyclic) bond motifs is 1. The molecule has 3 amide bonds. The van der Waals surface area contributed by atoms with Gasteiger partial charge in [-0.05, 0) is 50.7 Å². The quantitative estimate of drug-likeness (QED) is 0.316. The molecule has 0 radical (unpaired) electrons. The number of thioether (sulfide) groups is 1. The average Bonchev–Trinajstić information content (AvgIpc) is 3.53. The van der Waals surface area contributed by atoms with Crippen molar-refractivity contribution in [1.82, 2.24) is 9.80 Å². The van der Waals surface area contributed by atoms with E-state index in [1.165, 1.54) is 0 Å². The first kappa shape index (κ1) is 31.4. The highest BCUT2D eigenvalue weighted by Crippen LogP contribution is 2.72. The van der Waals surface area contributed by atoms with Crippen LogP contribution < -0.4 is 4.90 Å². The Hall–Kier alpha value is -2.58. The first-order chi connectivity index (χ1) is 19.6. The number of aliphatic hydroxyl groups is 1. The molecular weight excluding hydrogens is 534 g/mol. The van der Waals surface area contributed by atoms with Crippen LogP contribution in [0, 0.1) is 17.8 Å². The Labute approximate surface area is 250 Å². The van der Waals surface area contributed by atoms with Gasteiger partial charge in [-0.25, -0.2) is 0 Å². The van der Waals surface area contributed by atoms with Crippen molar-refractivity contribution in [3.05, 3.63) is 55.6 Å².